The topological polar surface area (TPSA) is 43.0 Å². The van der Waals surface area contributed by atoms with Crippen LogP contribution in [0.15, 0.2) is 18.2 Å². The van der Waals surface area contributed by atoms with Gasteiger partial charge in [0, 0.05) is 44.2 Å². The van der Waals surface area contributed by atoms with Crippen molar-refractivity contribution < 1.29 is 14.2 Å². The summed E-state index contributed by atoms with van der Waals surface area (Å²) in [5.41, 5.74) is 2.96. The summed E-state index contributed by atoms with van der Waals surface area (Å²) in [5, 5.41) is 3.90. The van der Waals surface area contributed by atoms with E-state index >= 15 is 0 Å². The highest BCUT2D eigenvalue weighted by molar-refractivity contribution is 5.40. The Bertz CT molecular complexity index is 624. The van der Waals surface area contributed by atoms with Gasteiger partial charge in [0.15, 0.2) is 0 Å². The molecule has 1 atom stereocenters. The molecule has 0 amide bonds. The number of rotatable bonds is 8. The van der Waals surface area contributed by atoms with Crippen LogP contribution in [0.1, 0.15) is 50.3 Å². The first kappa shape index (κ1) is 19.2. The molecule has 1 saturated heterocycles. The van der Waals surface area contributed by atoms with Crippen LogP contribution >= 0.6 is 0 Å². The standard InChI is InChI=1S/C22H34N2O3/c1-3-20(17-5-6-21-18(13-17)7-10-27-21)23-16-22(14-19(15-22)26-4-2)24-8-11-25-12-9-24/h5-6,13,19-20,23H,3-4,7-12,14-16H2,1-2H3. The van der Waals surface area contributed by atoms with Crippen LogP contribution in [0, 0.1) is 0 Å². The maximum absolute atomic E-state index is 5.89. The SMILES string of the molecule is CCOC1CC(CNC(CC)c2ccc3c(c2)CCO3)(N2CCOCC2)C1. The lowest BCUT2D eigenvalue weighted by molar-refractivity contribution is -0.126. The summed E-state index contributed by atoms with van der Waals surface area (Å²) in [4.78, 5) is 2.64. The average molecular weight is 375 g/mol. The second kappa shape index (κ2) is 8.48. The predicted octanol–water partition coefficient (Wildman–Crippen LogP) is 2.93. The third-order valence-electron chi connectivity index (χ3n) is 6.50. The number of morpholine rings is 1. The highest BCUT2D eigenvalue weighted by Gasteiger charge is 2.49. The molecular weight excluding hydrogens is 340 g/mol. The Kier molecular flexibility index (Phi) is 6.02. The lowest BCUT2D eigenvalue weighted by Gasteiger charge is -2.55. The number of ether oxygens (including phenoxy) is 3. The van der Waals surface area contributed by atoms with Gasteiger partial charge in [-0.05, 0) is 43.4 Å². The van der Waals surface area contributed by atoms with Gasteiger partial charge in [-0.15, -0.1) is 0 Å². The summed E-state index contributed by atoms with van der Waals surface area (Å²) in [5.74, 6) is 1.07. The molecular formula is C22H34N2O3. The van der Waals surface area contributed by atoms with E-state index in [4.69, 9.17) is 14.2 Å². The number of fused-ring (bicyclic) bond motifs is 1. The van der Waals surface area contributed by atoms with E-state index in [9.17, 15) is 0 Å². The second-order valence-corrected chi connectivity index (χ2v) is 8.12. The molecule has 0 spiro atoms. The molecule has 1 unspecified atom stereocenters. The molecule has 4 rings (SSSR count). The average Bonchev–Trinajstić information content (AvgIpc) is 3.14. The first-order chi connectivity index (χ1) is 13.2. The summed E-state index contributed by atoms with van der Waals surface area (Å²) in [6.07, 6.45) is 4.79. The molecule has 1 aromatic rings. The van der Waals surface area contributed by atoms with Gasteiger partial charge in [-0.25, -0.2) is 0 Å². The van der Waals surface area contributed by atoms with Crippen LogP contribution in [0.25, 0.3) is 0 Å². The maximum Gasteiger partial charge on any atom is 0.122 e. The van der Waals surface area contributed by atoms with Crippen molar-refractivity contribution in [3.05, 3.63) is 29.3 Å². The zero-order valence-electron chi connectivity index (χ0n) is 16.8. The maximum atomic E-state index is 5.89. The van der Waals surface area contributed by atoms with E-state index in [0.29, 0.717) is 12.1 Å². The van der Waals surface area contributed by atoms with Crippen LogP contribution in [0.5, 0.6) is 5.75 Å². The summed E-state index contributed by atoms with van der Waals surface area (Å²) < 4.78 is 17.2. The smallest absolute Gasteiger partial charge is 0.122 e. The highest BCUT2D eigenvalue weighted by atomic mass is 16.5. The lowest BCUT2D eigenvalue weighted by Crippen LogP contribution is -2.66. The van der Waals surface area contributed by atoms with E-state index in [1.807, 2.05) is 0 Å². The Morgan fingerprint density at radius 3 is 2.78 bits per heavy atom. The van der Waals surface area contributed by atoms with Gasteiger partial charge in [0.05, 0.1) is 25.9 Å². The van der Waals surface area contributed by atoms with Crippen molar-refractivity contribution in [2.75, 3.05) is 46.1 Å². The van der Waals surface area contributed by atoms with Crippen LogP contribution < -0.4 is 10.1 Å². The van der Waals surface area contributed by atoms with Crippen LogP contribution in [0.3, 0.4) is 0 Å². The van der Waals surface area contributed by atoms with Crippen molar-refractivity contribution in [3.63, 3.8) is 0 Å². The quantitative estimate of drug-likeness (QED) is 0.758. The highest BCUT2D eigenvalue weighted by Crippen LogP contribution is 2.40. The fourth-order valence-electron chi connectivity index (χ4n) is 4.93. The van der Waals surface area contributed by atoms with E-state index in [1.54, 1.807) is 0 Å². The number of hydrogen-bond donors (Lipinski definition) is 1. The summed E-state index contributed by atoms with van der Waals surface area (Å²) in [7, 11) is 0. The Labute approximate surface area is 163 Å². The molecule has 3 aliphatic rings. The van der Waals surface area contributed by atoms with Gasteiger partial charge < -0.3 is 19.5 Å². The molecule has 1 aromatic carbocycles. The molecule has 2 aliphatic heterocycles. The first-order valence-electron chi connectivity index (χ1n) is 10.7. The van der Waals surface area contributed by atoms with E-state index in [0.717, 1.165) is 77.5 Å². The first-order valence-corrected chi connectivity index (χ1v) is 10.7. The predicted molar refractivity (Wildman–Crippen MR) is 106 cm³/mol. The Balaban J connectivity index is 1.43. The molecule has 5 heteroatoms. The van der Waals surface area contributed by atoms with Crippen molar-refractivity contribution >= 4 is 0 Å². The minimum Gasteiger partial charge on any atom is -0.493 e. The minimum absolute atomic E-state index is 0.219. The molecule has 27 heavy (non-hydrogen) atoms. The molecule has 1 aliphatic carbocycles. The summed E-state index contributed by atoms with van der Waals surface area (Å²) in [6.45, 7) is 10.8. The second-order valence-electron chi connectivity index (χ2n) is 8.12. The molecule has 0 aromatic heterocycles. The number of hydrogen-bond acceptors (Lipinski definition) is 5. The minimum atomic E-state index is 0.219. The van der Waals surface area contributed by atoms with Crippen LogP contribution in [0.2, 0.25) is 0 Å². The molecule has 0 bridgehead atoms. The van der Waals surface area contributed by atoms with E-state index < -0.39 is 0 Å². The van der Waals surface area contributed by atoms with Gasteiger partial charge >= 0.3 is 0 Å². The van der Waals surface area contributed by atoms with Gasteiger partial charge in [-0.2, -0.15) is 0 Å². The molecule has 2 fully saturated rings. The van der Waals surface area contributed by atoms with Gasteiger partial charge in [-0.1, -0.05) is 19.1 Å². The van der Waals surface area contributed by atoms with E-state index in [-0.39, 0.29) is 5.54 Å². The zero-order valence-corrected chi connectivity index (χ0v) is 16.8. The lowest BCUT2D eigenvalue weighted by atomic mass is 9.72. The van der Waals surface area contributed by atoms with E-state index in [2.05, 4.69) is 42.3 Å². The van der Waals surface area contributed by atoms with Crippen molar-refractivity contribution in [2.24, 2.45) is 0 Å². The molecule has 1 N–H and O–H groups in total. The Morgan fingerprint density at radius 1 is 1.22 bits per heavy atom. The van der Waals surface area contributed by atoms with Gasteiger partial charge in [-0.3, -0.25) is 4.90 Å². The van der Waals surface area contributed by atoms with Crippen LogP contribution in [-0.2, 0) is 15.9 Å². The number of nitrogens with one attached hydrogen (secondary N) is 1. The monoisotopic (exact) mass is 374 g/mol. The van der Waals surface area contributed by atoms with Gasteiger partial charge in [0.2, 0.25) is 0 Å². The third kappa shape index (κ3) is 4.02. The van der Waals surface area contributed by atoms with Crippen LogP contribution in [0.4, 0.5) is 0 Å². The Morgan fingerprint density at radius 2 is 2.04 bits per heavy atom. The van der Waals surface area contributed by atoms with Crippen molar-refractivity contribution in [2.45, 2.75) is 57.2 Å². The largest absolute Gasteiger partial charge is 0.493 e. The number of nitrogens with zero attached hydrogens (tertiary/aromatic N) is 1. The molecule has 150 valence electrons. The van der Waals surface area contributed by atoms with Gasteiger partial charge in [0.1, 0.15) is 5.75 Å². The molecule has 5 nitrogen and oxygen atoms in total. The molecule has 0 radical (unpaired) electrons. The molecule has 2 heterocycles. The zero-order chi connectivity index (χ0) is 18.7. The summed E-state index contributed by atoms with van der Waals surface area (Å²) >= 11 is 0. The third-order valence-corrected chi connectivity index (χ3v) is 6.50. The number of benzene rings is 1. The van der Waals surface area contributed by atoms with Crippen molar-refractivity contribution in [1.82, 2.24) is 10.2 Å². The molecule has 1 saturated carbocycles. The Hall–Kier alpha value is -1.14. The van der Waals surface area contributed by atoms with Crippen molar-refractivity contribution in [3.8, 4) is 5.75 Å². The fourth-order valence-corrected chi connectivity index (χ4v) is 4.93. The fraction of sp³-hybridized carbons (Fsp3) is 0.727. The summed E-state index contributed by atoms with van der Waals surface area (Å²) in [6, 6.07) is 7.11. The van der Waals surface area contributed by atoms with Gasteiger partial charge in [0.25, 0.3) is 0 Å². The van der Waals surface area contributed by atoms with Crippen LogP contribution in [-0.4, -0.2) is 62.6 Å². The van der Waals surface area contributed by atoms with Crippen molar-refractivity contribution in [1.29, 1.82) is 0 Å². The normalized spacial score (nSPS) is 29.0. The van der Waals surface area contributed by atoms with E-state index in [1.165, 1.54) is 11.1 Å².